The smallest absolute Gasteiger partial charge is 0.255 e. The second kappa shape index (κ2) is 4.11. The zero-order chi connectivity index (χ0) is 12.6. The van der Waals surface area contributed by atoms with Crippen molar-refractivity contribution in [3.63, 3.8) is 0 Å². The Morgan fingerprint density at radius 2 is 2.12 bits per heavy atom. The molecule has 1 amide bonds. The minimum atomic E-state index is -0.715. The predicted molar refractivity (Wildman–Crippen MR) is 64.7 cm³/mol. The monoisotopic (exact) mass is 234 g/mol. The van der Waals surface area contributed by atoms with Crippen LogP contribution >= 0.6 is 0 Å². The Hall–Kier alpha value is -1.42. The quantitative estimate of drug-likeness (QED) is 0.837. The third kappa shape index (κ3) is 2.17. The van der Waals surface area contributed by atoms with Gasteiger partial charge in [0.25, 0.3) is 5.91 Å². The maximum atomic E-state index is 12.1. The average Bonchev–Trinajstić information content (AvgIpc) is 2.23. The normalized spacial score (nSPS) is 18.1. The topological polar surface area (TPSA) is 53.4 Å². The van der Waals surface area contributed by atoms with Crippen LogP contribution in [0.1, 0.15) is 29.8 Å². The van der Waals surface area contributed by atoms with E-state index < -0.39 is 5.60 Å². The molecule has 0 bridgehead atoms. The molecule has 17 heavy (non-hydrogen) atoms. The van der Waals surface area contributed by atoms with Crippen LogP contribution in [-0.2, 0) is 0 Å². The Bertz CT molecular complexity index is 437. The van der Waals surface area contributed by atoms with Gasteiger partial charge in [0.2, 0.25) is 0 Å². The zero-order valence-electron chi connectivity index (χ0n) is 10.5. The number of hydrogen-bond acceptors (Lipinski definition) is 3. The maximum Gasteiger partial charge on any atom is 0.255 e. The number of likely N-dealkylation sites (tertiary alicyclic amines) is 1. The van der Waals surface area contributed by atoms with Gasteiger partial charge in [-0.25, -0.2) is 0 Å². The molecule has 4 nitrogen and oxygen atoms in total. The van der Waals surface area contributed by atoms with Gasteiger partial charge >= 0.3 is 0 Å². The van der Waals surface area contributed by atoms with Crippen LogP contribution in [0.25, 0.3) is 0 Å². The molecule has 0 radical (unpaired) electrons. The Morgan fingerprint density at radius 3 is 2.65 bits per heavy atom. The second-order valence-corrected chi connectivity index (χ2v) is 5.17. The third-order valence-electron chi connectivity index (χ3n) is 3.41. The lowest BCUT2D eigenvalue weighted by Crippen LogP contribution is -2.65. The molecule has 1 aliphatic rings. The lowest BCUT2D eigenvalue weighted by atomic mass is 9.82. The highest BCUT2D eigenvalue weighted by atomic mass is 16.3. The van der Waals surface area contributed by atoms with Gasteiger partial charge in [0.05, 0.1) is 18.7 Å². The molecule has 1 aromatic rings. The Kier molecular flexibility index (Phi) is 2.91. The number of rotatable bonds is 2. The van der Waals surface area contributed by atoms with Gasteiger partial charge in [-0.15, -0.1) is 0 Å². The fourth-order valence-electron chi connectivity index (χ4n) is 1.98. The van der Waals surface area contributed by atoms with E-state index in [9.17, 15) is 9.90 Å². The van der Waals surface area contributed by atoms with Crippen molar-refractivity contribution < 1.29 is 9.90 Å². The van der Waals surface area contributed by atoms with Crippen LogP contribution in [0, 0.1) is 12.8 Å². The third-order valence-corrected chi connectivity index (χ3v) is 3.41. The van der Waals surface area contributed by atoms with Gasteiger partial charge in [-0.05, 0) is 24.5 Å². The number of hydrogen-bond donors (Lipinski definition) is 1. The number of aromatic nitrogens is 1. The minimum Gasteiger partial charge on any atom is -0.386 e. The molecule has 0 aromatic carbocycles. The number of aliphatic hydroxyl groups is 1. The van der Waals surface area contributed by atoms with Gasteiger partial charge in [0.15, 0.2) is 0 Å². The van der Waals surface area contributed by atoms with Crippen molar-refractivity contribution in [2.75, 3.05) is 13.1 Å². The summed E-state index contributed by atoms with van der Waals surface area (Å²) in [7, 11) is 0. The van der Waals surface area contributed by atoms with Crippen molar-refractivity contribution in [3.05, 3.63) is 29.6 Å². The Labute approximate surface area is 101 Å². The van der Waals surface area contributed by atoms with E-state index in [0.717, 1.165) is 5.56 Å². The van der Waals surface area contributed by atoms with Gasteiger partial charge < -0.3 is 10.0 Å². The molecule has 92 valence electrons. The summed E-state index contributed by atoms with van der Waals surface area (Å²) in [5.41, 5.74) is 0.846. The first-order valence-electron chi connectivity index (χ1n) is 5.86. The van der Waals surface area contributed by atoms with E-state index >= 15 is 0 Å². The molecule has 1 saturated heterocycles. The van der Waals surface area contributed by atoms with Crippen LogP contribution in [0.5, 0.6) is 0 Å². The van der Waals surface area contributed by atoms with Crippen LogP contribution in [0.4, 0.5) is 0 Å². The molecule has 0 aliphatic carbocycles. The summed E-state index contributed by atoms with van der Waals surface area (Å²) < 4.78 is 0. The lowest BCUT2D eigenvalue weighted by Gasteiger charge is -2.49. The highest BCUT2D eigenvalue weighted by Crippen LogP contribution is 2.29. The van der Waals surface area contributed by atoms with E-state index in [4.69, 9.17) is 0 Å². The van der Waals surface area contributed by atoms with Crippen LogP contribution in [-0.4, -0.2) is 39.6 Å². The minimum absolute atomic E-state index is 0.0495. The summed E-state index contributed by atoms with van der Waals surface area (Å²) in [6.45, 7) is 6.67. The number of amides is 1. The lowest BCUT2D eigenvalue weighted by molar-refractivity contribution is -0.110. The molecule has 1 aliphatic heterocycles. The van der Waals surface area contributed by atoms with Crippen molar-refractivity contribution in [2.45, 2.75) is 26.4 Å². The first-order valence-corrected chi connectivity index (χ1v) is 5.86. The standard InChI is InChI=1S/C13H18N2O2/c1-9(2)13(17)7-15(8-13)12(16)11-4-10(3)5-14-6-11/h4-6,9,17H,7-8H2,1-3H3. The van der Waals surface area contributed by atoms with Crippen molar-refractivity contribution in [1.29, 1.82) is 0 Å². The van der Waals surface area contributed by atoms with E-state index in [-0.39, 0.29) is 11.8 Å². The Morgan fingerprint density at radius 1 is 1.47 bits per heavy atom. The summed E-state index contributed by atoms with van der Waals surface area (Å²) in [6, 6.07) is 1.82. The summed E-state index contributed by atoms with van der Waals surface area (Å²) in [4.78, 5) is 17.7. The van der Waals surface area contributed by atoms with Crippen LogP contribution in [0.2, 0.25) is 0 Å². The van der Waals surface area contributed by atoms with E-state index in [2.05, 4.69) is 4.98 Å². The molecular weight excluding hydrogens is 216 g/mol. The zero-order valence-corrected chi connectivity index (χ0v) is 10.5. The molecular formula is C13H18N2O2. The highest BCUT2D eigenvalue weighted by molar-refractivity contribution is 5.94. The van der Waals surface area contributed by atoms with Gasteiger partial charge in [-0.3, -0.25) is 9.78 Å². The predicted octanol–water partition coefficient (Wildman–Crippen LogP) is 1.23. The van der Waals surface area contributed by atoms with Crippen LogP contribution in [0.3, 0.4) is 0 Å². The molecule has 2 heterocycles. The molecule has 0 saturated carbocycles. The molecule has 1 aromatic heterocycles. The average molecular weight is 234 g/mol. The summed E-state index contributed by atoms with van der Waals surface area (Å²) in [5.74, 6) is 0.119. The maximum absolute atomic E-state index is 12.1. The molecule has 2 rings (SSSR count). The van der Waals surface area contributed by atoms with Gasteiger partial charge in [0, 0.05) is 12.4 Å². The highest BCUT2D eigenvalue weighted by Gasteiger charge is 2.45. The number of nitrogens with zero attached hydrogens (tertiary/aromatic N) is 2. The number of carbonyl (C=O) groups excluding carboxylic acids is 1. The van der Waals surface area contributed by atoms with Gasteiger partial charge in [-0.2, -0.15) is 0 Å². The molecule has 1 fully saturated rings. The van der Waals surface area contributed by atoms with Gasteiger partial charge in [0.1, 0.15) is 5.60 Å². The fourth-order valence-corrected chi connectivity index (χ4v) is 1.98. The molecule has 0 unspecified atom stereocenters. The first kappa shape index (κ1) is 12.0. The molecule has 4 heteroatoms. The van der Waals surface area contributed by atoms with Crippen molar-refractivity contribution in [3.8, 4) is 0 Å². The fraction of sp³-hybridized carbons (Fsp3) is 0.538. The van der Waals surface area contributed by atoms with Crippen LogP contribution < -0.4 is 0 Å². The van der Waals surface area contributed by atoms with E-state index in [1.165, 1.54) is 0 Å². The molecule has 1 N–H and O–H groups in total. The van der Waals surface area contributed by atoms with Crippen LogP contribution in [0.15, 0.2) is 18.5 Å². The van der Waals surface area contributed by atoms with Crippen molar-refractivity contribution in [2.24, 2.45) is 5.92 Å². The largest absolute Gasteiger partial charge is 0.386 e. The van der Waals surface area contributed by atoms with Crippen molar-refractivity contribution in [1.82, 2.24) is 9.88 Å². The molecule has 0 atom stereocenters. The summed E-state index contributed by atoms with van der Waals surface area (Å²) >= 11 is 0. The second-order valence-electron chi connectivity index (χ2n) is 5.17. The Balaban J connectivity index is 2.05. The van der Waals surface area contributed by atoms with Crippen molar-refractivity contribution >= 4 is 5.91 Å². The summed E-state index contributed by atoms with van der Waals surface area (Å²) in [6.07, 6.45) is 3.29. The first-order chi connectivity index (χ1) is 7.92. The SMILES string of the molecule is Cc1cncc(C(=O)N2CC(O)(C(C)C)C2)c1. The number of β-amino-alcohol motifs (C(OH)–C–C–N with tert-alkyl or cyclic N) is 1. The van der Waals surface area contributed by atoms with Gasteiger partial charge in [-0.1, -0.05) is 13.8 Å². The number of aryl methyl sites for hydroxylation is 1. The van der Waals surface area contributed by atoms with E-state index in [0.29, 0.717) is 18.7 Å². The van der Waals surface area contributed by atoms with E-state index in [1.54, 1.807) is 17.3 Å². The van der Waals surface area contributed by atoms with E-state index in [1.807, 2.05) is 26.8 Å². The molecule has 0 spiro atoms. The summed E-state index contributed by atoms with van der Waals surface area (Å²) in [5, 5.41) is 10.1. The number of carbonyl (C=O) groups is 1. The number of pyridine rings is 1.